The predicted molar refractivity (Wildman–Crippen MR) is 116 cm³/mol. The molecule has 150 valence electrons. The fraction of sp³-hybridized carbons (Fsp3) is 0.238. The lowest BCUT2D eigenvalue weighted by Gasteiger charge is -2.09. The molecule has 1 aliphatic heterocycles. The second-order valence-electron chi connectivity index (χ2n) is 7.61. The molecule has 0 aliphatic carbocycles. The van der Waals surface area contributed by atoms with Crippen molar-refractivity contribution in [2.75, 3.05) is 0 Å². The Morgan fingerprint density at radius 1 is 1.23 bits per heavy atom. The van der Waals surface area contributed by atoms with E-state index < -0.39 is 0 Å². The number of fused-ring (bicyclic) bond motifs is 4. The van der Waals surface area contributed by atoms with E-state index in [-0.39, 0.29) is 5.56 Å². The van der Waals surface area contributed by atoms with Crippen molar-refractivity contribution >= 4 is 32.6 Å². The van der Waals surface area contributed by atoms with Crippen LogP contribution < -0.4 is 10.9 Å². The van der Waals surface area contributed by atoms with Crippen LogP contribution in [0.25, 0.3) is 21.3 Å². The number of thiazole rings is 1. The largest absolute Gasteiger partial charge is 0.323 e. The average molecular weight is 417 g/mol. The molecular formula is C21H19N7OS. The van der Waals surface area contributed by atoms with E-state index >= 15 is 0 Å². The Kier molecular flexibility index (Phi) is 3.87. The Hall–Kier alpha value is -3.30. The van der Waals surface area contributed by atoms with Gasteiger partial charge in [0, 0.05) is 43.8 Å². The summed E-state index contributed by atoms with van der Waals surface area (Å²) in [6.07, 6.45) is 4.24. The fourth-order valence-electron chi connectivity index (χ4n) is 4.28. The Morgan fingerprint density at radius 3 is 3.03 bits per heavy atom. The smallest absolute Gasteiger partial charge is 0.291 e. The van der Waals surface area contributed by atoms with Crippen LogP contribution in [0.5, 0.6) is 0 Å². The summed E-state index contributed by atoms with van der Waals surface area (Å²) in [5.41, 5.74) is 6.13. The summed E-state index contributed by atoms with van der Waals surface area (Å²) in [7, 11) is 1.90. The van der Waals surface area contributed by atoms with Gasteiger partial charge in [-0.25, -0.2) is 9.67 Å². The number of aromatic amines is 1. The highest BCUT2D eigenvalue weighted by atomic mass is 32.1. The van der Waals surface area contributed by atoms with E-state index in [9.17, 15) is 4.79 Å². The van der Waals surface area contributed by atoms with Gasteiger partial charge in [0.15, 0.2) is 5.65 Å². The molecule has 1 aromatic carbocycles. The molecule has 0 unspecified atom stereocenters. The summed E-state index contributed by atoms with van der Waals surface area (Å²) in [5, 5.41) is 16.7. The van der Waals surface area contributed by atoms with Crippen LogP contribution in [-0.4, -0.2) is 29.5 Å². The molecule has 5 heterocycles. The van der Waals surface area contributed by atoms with Crippen LogP contribution in [0, 0.1) is 0 Å². The first kappa shape index (κ1) is 17.5. The predicted octanol–water partition coefficient (Wildman–Crippen LogP) is 2.31. The van der Waals surface area contributed by atoms with E-state index in [0.717, 1.165) is 45.1 Å². The van der Waals surface area contributed by atoms with Crippen molar-refractivity contribution in [2.24, 2.45) is 7.05 Å². The Labute approximate surface area is 175 Å². The molecule has 0 radical (unpaired) electrons. The molecule has 0 amide bonds. The normalized spacial score (nSPS) is 13.5. The average Bonchev–Trinajstić information content (AvgIpc) is 3.52. The Bertz CT molecular complexity index is 1460. The highest BCUT2D eigenvalue weighted by Gasteiger charge is 2.20. The van der Waals surface area contributed by atoms with Gasteiger partial charge in [0.2, 0.25) is 0 Å². The molecule has 30 heavy (non-hydrogen) atoms. The molecule has 6 rings (SSSR count). The van der Waals surface area contributed by atoms with E-state index in [4.69, 9.17) is 4.98 Å². The number of nitrogens with zero attached hydrogens (tertiary/aromatic N) is 5. The van der Waals surface area contributed by atoms with Gasteiger partial charge in [-0.05, 0) is 22.8 Å². The Balaban J connectivity index is 1.43. The number of aryl methyl sites for hydroxylation is 1. The van der Waals surface area contributed by atoms with Crippen LogP contribution in [0.4, 0.5) is 0 Å². The number of hydrogen-bond donors (Lipinski definition) is 2. The summed E-state index contributed by atoms with van der Waals surface area (Å²) in [6.45, 7) is 2.19. The number of H-pyrrole nitrogens is 1. The van der Waals surface area contributed by atoms with Gasteiger partial charge >= 0.3 is 0 Å². The van der Waals surface area contributed by atoms with Gasteiger partial charge in [-0.1, -0.05) is 18.2 Å². The number of aromatic nitrogens is 6. The number of nitrogens with one attached hydrogen (secondary N) is 2. The van der Waals surface area contributed by atoms with Crippen LogP contribution in [0.3, 0.4) is 0 Å². The van der Waals surface area contributed by atoms with Crippen LogP contribution in [0.15, 0.2) is 41.5 Å². The topological polar surface area (TPSA) is 93.4 Å². The van der Waals surface area contributed by atoms with Crippen LogP contribution in [0.2, 0.25) is 0 Å². The molecule has 0 fully saturated rings. The van der Waals surface area contributed by atoms with Crippen molar-refractivity contribution in [1.82, 2.24) is 34.8 Å². The van der Waals surface area contributed by atoms with Gasteiger partial charge in [0.05, 0.1) is 17.4 Å². The first-order valence-corrected chi connectivity index (χ1v) is 10.6. The van der Waals surface area contributed by atoms with E-state index in [1.54, 1.807) is 28.4 Å². The monoisotopic (exact) mass is 417 g/mol. The molecule has 0 saturated carbocycles. The summed E-state index contributed by atoms with van der Waals surface area (Å²) >= 11 is 1.60. The molecule has 8 nitrogen and oxygen atoms in total. The maximum absolute atomic E-state index is 13.3. The maximum Gasteiger partial charge on any atom is 0.291 e. The quantitative estimate of drug-likeness (QED) is 0.468. The van der Waals surface area contributed by atoms with Gasteiger partial charge in [-0.3, -0.25) is 9.89 Å². The van der Waals surface area contributed by atoms with Crippen molar-refractivity contribution < 1.29 is 0 Å². The SMILES string of the molecule is Cn1c2nc(Cc3ccn[nH]3)sc2c2cnn(Cc3cccc4c3CNC4)c(=O)c21. The first-order valence-electron chi connectivity index (χ1n) is 9.81. The van der Waals surface area contributed by atoms with Crippen LogP contribution >= 0.6 is 11.3 Å². The Morgan fingerprint density at radius 2 is 2.17 bits per heavy atom. The zero-order chi connectivity index (χ0) is 20.2. The van der Waals surface area contributed by atoms with Crippen molar-refractivity contribution in [3.63, 3.8) is 0 Å². The minimum atomic E-state index is -0.0844. The lowest BCUT2D eigenvalue weighted by atomic mass is 10.0. The third-order valence-electron chi connectivity index (χ3n) is 5.78. The minimum Gasteiger partial charge on any atom is -0.323 e. The van der Waals surface area contributed by atoms with Gasteiger partial charge in [-0.15, -0.1) is 11.3 Å². The van der Waals surface area contributed by atoms with Gasteiger partial charge < -0.3 is 9.88 Å². The molecule has 4 aromatic heterocycles. The van der Waals surface area contributed by atoms with Gasteiger partial charge in [0.1, 0.15) is 10.5 Å². The van der Waals surface area contributed by atoms with E-state index in [1.807, 2.05) is 23.7 Å². The second kappa shape index (κ2) is 6.61. The van der Waals surface area contributed by atoms with Crippen molar-refractivity contribution in [2.45, 2.75) is 26.1 Å². The zero-order valence-corrected chi connectivity index (χ0v) is 17.2. The third kappa shape index (κ3) is 2.62. The molecule has 0 spiro atoms. The molecule has 0 saturated heterocycles. The number of rotatable bonds is 4. The van der Waals surface area contributed by atoms with Crippen LogP contribution in [0.1, 0.15) is 27.4 Å². The summed E-state index contributed by atoms with van der Waals surface area (Å²) in [6, 6.07) is 8.21. The number of hydrogen-bond acceptors (Lipinski definition) is 6. The first-order chi connectivity index (χ1) is 14.7. The third-order valence-corrected chi connectivity index (χ3v) is 6.86. The standard InChI is InChI=1S/C21H19N7OS/c1-27-18-16(19-20(27)25-17(30-19)7-14-5-6-23-26-14)10-24-28(21(18)29)11-13-4-2-3-12-8-22-9-15(12)13/h2-6,10,22H,7-9,11H2,1H3,(H,23,26). The minimum absolute atomic E-state index is 0.0844. The van der Waals surface area contributed by atoms with Crippen LogP contribution in [-0.2, 0) is 33.1 Å². The van der Waals surface area contributed by atoms with E-state index in [1.165, 1.54) is 11.1 Å². The molecule has 2 N–H and O–H groups in total. The highest BCUT2D eigenvalue weighted by molar-refractivity contribution is 7.19. The fourth-order valence-corrected chi connectivity index (χ4v) is 5.41. The molecule has 1 aliphatic rings. The highest BCUT2D eigenvalue weighted by Crippen LogP contribution is 2.31. The van der Waals surface area contributed by atoms with Crippen molar-refractivity contribution in [3.05, 3.63) is 74.4 Å². The van der Waals surface area contributed by atoms with Gasteiger partial charge in [-0.2, -0.15) is 10.2 Å². The summed E-state index contributed by atoms with van der Waals surface area (Å²) < 4.78 is 4.46. The van der Waals surface area contributed by atoms with E-state index in [2.05, 4.69) is 32.7 Å². The molecule has 9 heteroatoms. The molecule has 0 atom stereocenters. The lowest BCUT2D eigenvalue weighted by Crippen LogP contribution is -2.25. The number of benzene rings is 1. The molecular weight excluding hydrogens is 398 g/mol. The lowest BCUT2D eigenvalue weighted by molar-refractivity contribution is 0.639. The molecule has 5 aromatic rings. The summed E-state index contributed by atoms with van der Waals surface area (Å²) in [4.78, 5) is 18.1. The second-order valence-corrected chi connectivity index (χ2v) is 8.69. The summed E-state index contributed by atoms with van der Waals surface area (Å²) in [5.74, 6) is 0. The maximum atomic E-state index is 13.3. The molecule has 0 bridgehead atoms. The van der Waals surface area contributed by atoms with Gasteiger partial charge in [0.25, 0.3) is 5.56 Å². The van der Waals surface area contributed by atoms with Crippen molar-refractivity contribution in [1.29, 1.82) is 0 Å². The van der Waals surface area contributed by atoms with E-state index in [0.29, 0.717) is 18.5 Å². The van der Waals surface area contributed by atoms with Crippen molar-refractivity contribution in [3.8, 4) is 0 Å². The zero-order valence-electron chi connectivity index (χ0n) is 16.3.